The summed E-state index contributed by atoms with van der Waals surface area (Å²) in [5.41, 5.74) is 0.865. The van der Waals surface area contributed by atoms with E-state index in [1.165, 1.54) is 0 Å². The van der Waals surface area contributed by atoms with Crippen molar-refractivity contribution in [2.24, 2.45) is 0 Å². The third-order valence-corrected chi connectivity index (χ3v) is 5.42. The molecule has 28 heavy (non-hydrogen) atoms. The van der Waals surface area contributed by atoms with Gasteiger partial charge in [0.2, 0.25) is 0 Å². The molecule has 0 spiro atoms. The van der Waals surface area contributed by atoms with Crippen molar-refractivity contribution in [1.82, 2.24) is 4.90 Å². The van der Waals surface area contributed by atoms with E-state index in [4.69, 9.17) is 9.47 Å². The lowest BCUT2D eigenvalue weighted by atomic mass is 9.83. The van der Waals surface area contributed by atoms with Gasteiger partial charge in [0, 0.05) is 19.4 Å². The van der Waals surface area contributed by atoms with E-state index in [1.54, 1.807) is 12.0 Å². The molecule has 6 heteroatoms. The second-order valence-corrected chi connectivity index (χ2v) is 7.16. The number of nitrogens with zero attached hydrogens (tertiary/aromatic N) is 1. The number of ether oxygens (including phenoxy) is 2. The molecule has 2 aromatic carbocycles. The van der Waals surface area contributed by atoms with Crippen molar-refractivity contribution < 1.29 is 24.5 Å². The van der Waals surface area contributed by atoms with Crippen molar-refractivity contribution in [3.8, 4) is 5.75 Å². The molecule has 1 aliphatic heterocycles. The number of hydrogen-bond acceptors (Lipinski definition) is 5. The largest absolute Gasteiger partial charge is 0.497 e. The number of hydrogen-bond donors (Lipinski definition) is 2. The van der Waals surface area contributed by atoms with Crippen molar-refractivity contribution in [3.05, 3.63) is 65.7 Å². The first-order valence-corrected chi connectivity index (χ1v) is 9.47. The highest BCUT2D eigenvalue weighted by Gasteiger charge is 2.44. The summed E-state index contributed by atoms with van der Waals surface area (Å²) >= 11 is 0. The van der Waals surface area contributed by atoms with E-state index in [2.05, 4.69) is 0 Å². The zero-order chi connectivity index (χ0) is 20.1. The minimum atomic E-state index is -0.960. The van der Waals surface area contributed by atoms with Gasteiger partial charge in [-0.15, -0.1) is 0 Å². The van der Waals surface area contributed by atoms with E-state index in [-0.39, 0.29) is 19.1 Å². The van der Waals surface area contributed by atoms with Crippen LogP contribution in [0.2, 0.25) is 0 Å². The van der Waals surface area contributed by atoms with Crippen LogP contribution in [-0.2, 0) is 10.3 Å². The van der Waals surface area contributed by atoms with Gasteiger partial charge in [0.1, 0.15) is 11.4 Å². The standard InChI is InChI=1S/C22H27NO5/c1-16(17-8-10-20(27-2)11-9-17)23-13-12-22(28-21(23)26,14-19(25)15-24)18-6-4-3-5-7-18/h3-11,16,19,24-25H,12-15H2,1-2H3/t16-,19?,22?/m0/s1. The molecular formula is C22H27NO5. The molecule has 2 unspecified atom stereocenters. The molecule has 2 aromatic rings. The number of carbonyl (C=O) groups excluding carboxylic acids is 1. The minimum absolute atomic E-state index is 0.157. The Kier molecular flexibility index (Phi) is 6.21. The van der Waals surface area contributed by atoms with Gasteiger partial charge < -0.3 is 24.6 Å². The van der Waals surface area contributed by atoms with Gasteiger partial charge in [0.25, 0.3) is 0 Å². The molecule has 0 aromatic heterocycles. The Bertz CT molecular complexity index is 779. The summed E-state index contributed by atoms with van der Waals surface area (Å²) in [5, 5.41) is 19.4. The van der Waals surface area contributed by atoms with Crippen LogP contribution in [0.5, 0.6) is 5.75 Å². The van der Waals surface area contributed by atoms with E-state index in [9.17, 15) is 15.0 Å². The molecule has 0 radical (unpaired) electrons. The molecule has 1 fully saturated rings. The van der Waals surface area contributed by atoms with Crippen LogP contribution in [0.4, 0.5) is 4.79 Å². The average Bonchev–Trinajstić information content (AvgIpc) is 2.74. The number of cyclic esters (lactones) is 1. The van der Waals surface area contributed by atoms with Gasteiger partial charge in [-0.3, -0.25) is 0 Å². The van der Waals surface area contributed by atoms with Gasteiger partial charge in [0.05, 0.1) is 25.9 Å². The maximum atomic E-state index is 12.9. The van der Waals surface area contributed by atoms with Crippen LogP contribution in [0, 0.1) is 0 Å². The zero-order valence-electron chi connectivity index (χ0n) is 16.2. The Labute approximate surface area is 165 Å². The molecule has 0 aliphatic carbocycles. The second-order valence-electron chi connectivity index (χ2n) is 7.16. The first-order chi connectivity index (χ1) is 13.5. The Morgan fingerprint density at radius 2 is 1.86 bits per heavy atom. The molecule has 150 valence electrons. The molecule has 3 atom stereocenters. The normalized spacial score (nSPS) is 21.7. The topological polar surface area (TPSA) is 79.2 Å². The van der Waals surface area contributed by atoms with Crippen LogP contribution in [0.1, 0.15) is 36.9 Å². The predicted octanol–water partition coefficient (Wildman–Crippen LogP) is 3.24. The van der Waals surface area contributed by atoms with Gasteiger partial charge in [-0.1, -0.05) is 42.5 Å². The van der Waals surface area contributed by atoms with Crippen LogP contribution in [0.25, 0.3) is 0 Å². The van der Waals surface area contributed by atoms with Gasteiger partial charge >= 0.3 is 6.09 Å². The second kappa shape index (κ2) is 8.63. The molecule has 0 bridgehead atoms. The summed E-state index contributed by atoms with van der Waals surface area (Å²) in [5.74, 6) is 0.762. The van der Waals surface area contributed by atoms with E-state index < -0.39 is 17.8 Å². The quantitative estimate of drug-likeness (QED) is 0.765. The van der Waals surface area contributed by atoms with E-state index >= 15 is 0 Å². The average molecular weight is 385 g/mol. The first-order valence-electron chi connectivity index (χ1n) is 9.47. The van der Waals surface area contributed by atoms with Gasteiger partial charge in [-0.25, -0.2) is 4.79 Å². The zero-order valence-corrected chi connectivity index (χ0v) is 16.2. The highest BCUT2D eigenvalue weighted by molar-refractivity contribution is 5.70. The third kappa shape index (κ3) is 4.13. The highest BCUT2D eigenvalue weighted by Crippen LogP contribution is 2.40. The third-order valence-electron chi connectivity index (χ3n) is 5.42. The van der Waals surface area contributed by atoms with Crippen LogP contribution in [-0.4, -0.2) is 47.6 Å². The van der Waals surface area contributed by atoms with Crippen LogP contribution >= 0.6 is 0 Å². The van der Waals surface area contributed by atoms with Crippen LogP contribution < -0.4 is 4.74 Å². The highest BCUT2D eigenvalue weighted by atomic mass is 16.6. The number of aliphatic hydroxyl groups excluding tert-OH is 2. The molecule has 6 nitrogen and oxygen atoms in total. The number of carbonyl (C=O) groups is 1. The lowest BCUT2D eigenvalue weighted by Gasteiger charge is -2.44. The Morgan fingerprint density at radius 3 is 2.43 bits per heavy atom. The Hall–Kier alpha value is -2.57. The molecule has 1 amide bonds. The van der Waals surface area contributed by atoms with E-state index in [0.29, 0.717) is 13.0 Å². The first kappa shape index (κ1) is 20.2. The monoisotopic (exact) mass is 385 g/mol. The molecule has 2 N–H and O–H groups in total. The fraction of sp³-hybridized carbons (Fsp3) is 0.409. The summed E-state index contributed by atoms with van der Waals surface area (Å²) in [7, 11) is 1.62. The lowest BCUT2D eigenvalue weighted by Crippen LogP contribution is -2.50. The fourth-order valence-corrected chi connectivity index (χ4v) is 3.74. The van der Waals surface area contributed by atoms with Crippen molar-refractivity contribution >= 4 is 6.09 Å². The molecule has 0 saturated carbocycles. The molecule has 1 heterocycles. The van der Waals surface area contributed by atoms with E-state index in [0.717, 1.165) is 16.9 Å². The van der Waals surface area contributed by atoms with Gasteiger partial charge in [-0.05, 0) is 30.2 Å². The number of benzene rings is 2. The molecule has 3 rings (SSSR count). The summed E-state index contributed by atoms with van der Waals surface area (Å²) in [6.45, 7) is 2.07. The van der Waals surface area contributed by atoms with Crippen LogP contribution in [0.3, 0.4) is 0 Å². The smallest absolute Gasteiger partial charge is 0.411 e. The molecule has 1 saturated heterocycles. The number of amides is 1. The molecule has 1 aliphatic rings. The summed E-state index contributed by atoms with van der Waals surface area (Å²) in [4.78, 5) is 14.6. The van der Waals surface area contributed by atoms with Crippen molar-refractivity contribution in [2.45, 2.75) is 37.5 Å². The number of methoxy groups -OCH3 is 1. The SMILES string of the molecule is COc1ccc([C@H](C)N2CCC(CC(O)CO)(c3ccccc3)OC2=O)cc1. The minimum Gasteiger partial charge on any atom is -0.497 e. The Morgan fingerprint density at radius 1 is 1.18 bits per heavy atom. The van der Waals surface area contributed by atoms with Crippen molar-refractivity contribution in [3.63, 3.8) is 0 Å². The molecular weight excluding hydrogens is 358 g/mol. The fourth-order valence-electron chi connectivity index (χ4n) is 3.74. The maximum Gasteiger partial charge on any atom is 0.411 e. The summed E-state index contributed by atoms with van der Waals surface area (Å²) in [6.07, 6.45) is -0.702. The summed E-state index contributed by atoms with van der Waals surface area (Å²) < 4.78 is 11.1. The summed E-state index contributed by atoms with van der Waals surface area (Å²) in [6, 6.07) is 16.9. The van der Waals surface area contributed by atoms with E-state index in [1.807, 2.05) is 61.5 Å². The van der Waals surface area contributed by atoms with Gasteiger partial charge in [0.15, 0.2) is 0 Å². The van der Waals surface area contributed by atoms with Crippen molar-refractivity contribution in [1.29, 1.82) is 0 Å². The number of aliphatic hydroxyl groups is 2. The van der Waals surface area contributed by atoms with Crippen LogP contribution in [0.15, 0.2) is 54.6 Å². The maximum absolute atomic E-state index is 12.9. The predicted molar refractivity (Wildman–Crippen MR) is 105 cm³/mol. The van der Waals surface area contributed by atoms with Gasteiger partial charge in [-0.2, -0.15) is 0 Å². The number of rotatable bonds is 7. The Balaban J connectivity index is 1.81. The lowest BCUT2D eigenvalue weighted by molar-refractivity contribution is -0.0892. The van der Waals surface area contributed by atoms with Crippen molar-refractivity contribution in [2.75, 3.05) is 20.3 Å².